The standard InChI is InChI=1S/C76H123N9O19S/c1-55(60-47-56(53-105-60)69(77)84-72(95)104-75(8,9)10)82-70(93)59-48-76(49-61(76)85(59)67(91)50-81-62(86)32-28-39-101-57-29-24-23-25-30-57)54-100-42-38-80-66(90)52-99-46-44-97-41-37-79-65(89)51-98-45-43-96-40-36-78-63(87)35-34-58(71(94)103-74(5,6)7)83-64(88)31-26-21-19-17-15-13-11-12-14-16-18-20-22-27-33-68(92)102-73(2,3)4/h23-25,29-30,47,53,55,58-59,61H,11-22,26-28,31-46,48-52,54H2,1-10H3,(H,78,87)(H,79,89)(H,80,90)(H,81,86)(H,82,93)(H,83,88)(H2,77,84,95)/t55-,58+,59+,61+,76-/m1/s1. The van der Waals surface area contributed by atoms with Gasteiger partial charge in [-0.25, -0.2) is 9.59 Å². The third-order valence-corrected chi connectivity index (χ3v) is 17.9. The van der Waals surface area contributed by atoms with E-state index in [1.54, 1.807) is 64.8 Å². The lowest BCUT2D eigenvalue weighted by Gasteiger charge is -2.28. The molecule has 1 aliphatic heterocycles. The summed E-state index contributed by atoms with van der Waals surface area (Å²) in [7, 11) is 0. The minimum atomic E-state index is -0.965. The summed E-state index contributed by atoms with van der Waals surface area (Å²) < 4.78 is 49.8. The summed E-state index contributed by atoms with van der Waals surface area (Å²) in [6, 6.07) is 8.26. The predicted molar refractivity (Wildman–Crippen MR) is 397 cm³/mol. The van der Waals surface area contributed by atoms with E-state index in [4.69, 9.17) is 48.0 Å². The summed E-state index contributed by atoms with van der Waals surface area (Å²) in [5, 5.41) is 29.2. The van der Waals surface area contributed by atoms with Crippen LogP contribution in [0.15, 0.2) is 41.8 Å². The Hall–Kier alpha value is -7.31. The normalized spacial score (nSPS) is 16.0. The molecule has 28 nitrogen and oxygen atoms in total. The molecule has 0 radical (unpaired) electrons. The van der Waals surface area contributed by atoms with Crippen LogP contribution in [0.4, 0.5) is 4.79 Å². The van der Waals surface area contributed by atoms with Crippen molar-refractivity contribution >= 4 is 76.6 Å². The molecule has 105 heavy (non-hydrogen) atoms. The Morgan fingerprint density at radius 2 is 1.05 bits per heavy atom. The molecule has 592 valence electrons. The lowest BCUT2D eigenvalue weighted by Crippen LogP contribution is -2.51. The fourth-order valence-electron chi connectivity index (χ4n) is 11.5. The molecule has 1 saturated heterocycles. The molecular weight excluding hydrogens is 1370 g/mol. The fraction of sp³-hybridized carbons (Fsp3) is 0.724. The number of thiophene rings is 1. The van der Waals surface area contributed by atoms with Crippen LogP contribution < -0.4 is 42.0 Å². The fourth-order valence-corrected chi connectivity index (χ4v) is 12.4. The third-order valence-electron chi connectivity index (χ3n) is 16.8. The van der Waals surface area contributed by atoms with E-state index >= 15 is 0 Å². The molecule has 1 saturated carbocycles. The first-order valence-corrected chi connectivity index (χ1v) is 38.5. The van der Waals surface area contributed by atoms with E-state index in [-0.39, 0.29) is 165 Å². The Balaban J connectivity index is 0.999. The van der Waals surface area contributed by atoms with Crippen LogP contribution in [-0.4, -0.2) is 204 Å². The molecule has 2 aliphatic rings. The number of benzene rings is 1. The molecule has 0 spiro atoms. The van der Waals surface area contributed by atoms with Crippen LogP contribution in [0.25, 0.3) is 0 Å². The van der Waals surface area contributed by atoms with Gasteiger partial charge in [0.25, 0.3) is 0 Å². The second-order valence-corrected chi connectivity index (χ2v) is 30.7. The van der Waals surface area contributed by atoms with Crippen LogP contribution in [0.1, 0.15) is 227 Å². The number of para-hydroxylation sites is 1. The van der Waals surface area contributed by atoms with Crippen molar-refractivity contribution in [3.8, 4) is 5.75 Å². The molecule has 8 N–H and O–H groups in total. The van der Waals surface area contributed by atoms with Gasteiger partial charge < -0.3 is 79.4 Å². The number of hydrogen-bond donors (Lipinski definition) is 8. The van der Waals surface area contributed by atoms with E-state index in [9.17, 15) is 47.9 Å². The first-order valence-electron chi connectivity index (χ1n) is 37.6. The third kappa shape index (κ3) is 40.8. The SMILES string of the molecule is C[C@@H](NC(=O)[C@@H]1C[C@]2(COCCNC(=O)COCCOCCNC(=O)COCCOCCNC(=O)CC[C@H](NC(=O)CCCCCCCCCCCCCCCCC(=O)OC(C)(C)C)C(=O)OC(C)(C)C)C[C@@H]2N1C(=O)CNC(=O)CCCOc1ccccc1)c1cc(C(=N)NC(=O)OC(C)(C)C)cs1. The van der Waals surface area contributed by atoms with Crippen LogP contribution >= 0.6 is 11.3 Å². The second-order valence-electron chi connectivity index (χ2n) is 29.8. The number of hydrogen-bond acceptors (Lipinski definition) is 21. The molecule has 2 aromatic rings. The van der Waals surface area contributed by atoms with Gasteiger partial charge in [-0.2, -0.15) is 0 Å². The summed E-state index contributed by atoms with van der Waals surface area (Å²) in [5.74, 6) is -2.58. The summed E-state index contributed by atoms with van der Waals surface area (Å²) in [4.78, 5) is 131. The van der Waals surface area contributed by atoms with Gasteiger partial charge in [-0.1, -0.05) is 95.2 Å². The van der Waals surface area contributed by atoms with Crippen molar-refractivity contribution in [1.82, 2.24) is 42.1 Å². The number of nitrogens with one attached hydrogen (secondary N) is 8. The van der Waals surface area contributed by atoms with Gasteiger partial charge in [-0.3, -0.25) is 49.1 Å². The van der Waals surface area contributed by atoms with E-state index in [2.05, 4.69) is 37.2 Å². The van der Waals surface area contributed by atoms with Gasteiger partial charge in [0.05, 0.1) is 72.0 Å². The summed E-state index contributed by atoms with van der Waals surface area (Å²) in [6.45, 7) is 19.4. The monoisotopic (exact) mass is 1500 g/mol. The van der Waals surface area contributed by atoms with Crippen molar-refractivity contribution in [3.05, 3.63) is 52.2 Å². The molecule has 0 unspecified atom stereocenters. The molecule has 4 rings (SSSR count). The van der Waals surface area contributed by atoms with Crippen LogP contribution in [0.2, 0.25) is 0 Å². The van der Waals surface area contributed by atoms with Crippen molar-refractivity contribution < 1.29 is 90.6 Å². The van der Waals surface area contributed by atoms with Gasteiger partial charge in [0.15, 0.2) is 0 Å². The maximum Gasteiger partial charge on any atom is 0.413 e. The molecule has 1 aromatic carbocycles. The Kier molecular flexibility index (Phi) is 41.9. The second kappa shape index (κ2) is 48.8. The first kappa shape index (κ1) is 90.1. The van der Waals surface area contributed by atoms with Crippen LogP contribution in [0.3, 0.4) is 0 Å². The van der Waals surface area contributed by atoms with Gasteiger partial charge in [0.2, 0.25) is 41.4 Å². The highest BCUT2D eigenvalue weighted by molar-refractivity contribution is 7.10. The Labute approximate surface area is 625 Å². The smallest absolute Gasteiger partial charge is 0.413 e. The van der Waals surface area contributed by atoms with E-state index in [1.807, 2.05) is 51.1 Å². The quantitative estimate of drug-likeness (QED) is 0.0101. The molecule has 8 amide bonds. The number of rotatable bonds is 54. The number of likely N-dealkylation sites (tertiary alicyclic amines) is 1. The minimum Gasteiger partial charge on any atom is -0.494 e. The largest absolute Gasteiger partial charge is 0.494 e. The van der Waals surface area contributed by atoms with Gasteiger partial charge >= 0.3 is 18.0 Å². The highest BCUT2D eigenvalue weighted by Crippen LogP contribution is 2.59. The number of carbonyl (C=O) groups is 10. The Morgan fingerprint density at radius 1 is 0.543 bits per heavy atom. The molecule has 0 bridgehead atoms. The summed E-state index contributed by atoms with van der Waals surface area (Å²) >= 11 is 1.30. The molecule has 1 aromatic heterocycles. The van der Waals surface area contributed by atoms with E-state index in [0.29, 0.717) is 54.9 Å². The number of amidine groups is 1. The average Bonchev–Trinajstić information content (AvgIpc) is 1.54. The Bertz CT molecular complexity index is 2990. The number of unbranched alkanes of at least 4 members (excludes halogenated alkanes) is 13. The number of ether oxygens (including phenoxy) is 9. The first-order chi connectivity index (χ1) is 49.9. The molecule has 5 atom stereocenters. The zero-order valence-electron chi connectivity index (χ0n) is 64.1. The van der Waals surface area contributed by atoms with Crippen molar-refractivity contribution in [1.29, 1.82) is 5.41 Å². The number of esters is 2. The van der Waals surface area contributed by atoms with Crippen molar-refractivity contribution in [2.75, 3.05) is 98.9 Å². The summed E-state index contributed by atoms with van der Waals surface area (Å²) in [5.41, 5.74) is -2.03. The lowest BCUT2D eigenvalue weighted by molar-refractivity contribution is -0.159. The highest BCUT2D eigenvalue weighted by Gasteiger charge is 2.67. The number of fused-ring (bicyclic) bond motifs is 1. The predicted octanol–water partition coefficient (Wildman–Crippen LogP) is 8.73. The van der Waals surface area contributed by atoms with Crippen molar-refractivity contribution in [2.24, 2.45) is 5.41 Å². The van der Waals surface area contributed by atoms with Crippen LogP contribution in [-0.2, 0) is 81.0 Å². The molecule has 29 heteroatoms. The Morgan fingerprint density at radius 3 is 1.61 bits per heavy atom. The number of piperidine rings is 1. The van der Waals surface area contributed by atoms with Crippen molar-refractivity contribution in [2.45, 2.75) is 251 Å². The van der Waals surface area contributed by atoms with Crippen LogP contribution in [0.5, 0.6) is 5.75 Å². The number of carbonyl (C=O) groups excluding carboxylic acids is 10. The minimum absolute atomic E-state index is 0.0130. The maximum absolute atomic E-state index is 14.1. The zero-order chi connectivity index (χ0) is 77.1. The van der Waals surface area contributed by atoms with Gasteiger partial charge in [-0.05, 0) is 126 Å². The van der Waals surface area contributed by atoms with E-state index < -0.39 is 64.2 Å². The van der Waals surface area contributed by atoms with E-state index in [0.717, 1.165) is 38.5 Å². The zero-order valence-corrected chi connectivity index (χ0v) is 64.9. The number of alkyl carbamates (subject to hydrolysis) is 1. The molecule has 2 fully saturated rings. The van der Waals surface area contributed by atoms with Gasteiger partial charge in [0, 0.05) is 72.6 Å². The highest BCUT2D eigenvalue weighted by atomic mass is 32.1. The number of nitrogens with zero attached hydrogens (tertiary/aromatic N) is 1. The van der Waals surface area contributed by atoms with E-state index in [1.165, 1.54) is 56.3 Å². The van der Waals surface area contributed by atoms with Gasteiger partial charge in [-0.15, -0.1) is 11.3 Å². The van der Waals surface area contributed by atoms with Crippen molar-refractivity contribution in [3.63, 3.8) is 0 Å². The molecule has 1 aliphatic carbocycles. The lowest BCUT2D eigenvalue weighted by atomic mass is 10.00. The molecule has 2 heterocycles. The van der Waals surface area contributed by atoms with Gasteiger partial charge in [0.1, 0.15) is 53.7 Å². The maximum atomic E-state index is 14.1. The van der Waals surface area contributed by atoms with Crippen LogP contribution in [0, 0.1) is 10.8 Å². The molecular formula is C76H123N9O19S. The number of amides is 8. The average molecular weight is 1500 g/mol. The topological polar surface area (TPSA) is 365 Å². The summed E-state index contributed by atoms with van der Waals surface area (Å²) in [6.07, 6.45) is 17.0.